The lowest BCUT2D eigenvalue weighted by Gasteiger charge is -2.26. The standard InChI is InChI=1S/C19H28N2O6S/c1-13(2)12-21-7-5-6-16(21)11-20-28(24,25)17-9-14(18(22)26-3)8-15(10-17)19(23)27-4/h8-10,13,16,20H,5-7,11-12H2,1-4H3/t16-/m0/s1. The number of sulfonamides is 1. The molecule has 28 heavy (non-hydrogen) atoms. The van der Waals surface area contributed by atoms with E-state index in [2.05, 4.69) is 32.9 Å². The molecule has 0 unspecified atom stereocenters. The first-order valence-corrected chi connectivity index (χ1v) is 10.7. The molecule has 2 rings (SSSR count). The lowest BCUT2D eigenvalue weighted by molar-refractivity contribution is 0.0598. The van der Waals surface area contributed by atoms with Crippen LogP contribution in [0.15, 0.2) is 23.1 Å². The zero-order valence-corrected chi connectivity index (χ0v) is 17.5. The Hall–Kier alpha value is -1.97. The number of likely N-dealkylation sites (tertiary alicyclic amines) is 1. The van der Waals surface area contributed by atoms with Gasteiger partial charge in [-0.15, -0.1) is 0 Å². The van der Waals surface area contributed by atoms with E-state index in [9.17, 15) is 18.0 Å². The van der Waals surface area contributed by atoms with E-state index in [1.165, 1.54) is 32.4 Å². The van der Waals surface area contributed by atoms with Crippen molar-refractivity contribution in [3.63, 3.8) is 0 Å². The summed E-state index contributed by atoms with van der Waals surface area (Å²) in [6.45, 7) is 6.40. The third kappa shape index (κ3) is 5.52. The van der Waals surface area contributed by atoms with Crippen LogP contribution in [0.3, 0.4) is 0 Å². The fourth-order valence-corrected chi connectivity index (χ4v) is 4.49. The molecule has 1 aromatic carbocycles. The molecule has 1 aliphatic heterocycles. The van der Waals surface area contributed by atoms with Crippen molar-refractivity contribution in [2.75, 3.05) is 33.9 Å². The van der Waals surface area contributed by atoms with Crippen LogP contribution in [-0.2, 0) is 19.5 Å². The van der Waals surface area contributed by atoms with Crippen molar-refractivity contribution in [2.45, 2.75) is 37.6 Å². The maximum atomic E-state index is 12.8. The molecule has 1 saturated heterocycles. The van der Waals surface area contributed by atoms with Gasteiger partial charge in [0.25, 0.3) is 0 Å². The number of nitrogens with zero attached hydrogens (tertiary/aromatic N) is 1. The van der Waals surface area contributed by atoms with Gasteiger partial charge in [0, 0.05) is 19.1 Å². The molecule has 0 spiro atoms. The average Bonchev–Trinajstić information content (AvgIpc) is 3.11. The van der Waals surface area contributed by atoms with Gasteiger partial charge in [-0.3, -0.25) is 4.90 Å². The van der Waals surface area contributed by atoms with Gasteiger partial charge in [-0.25, -0.2) is 22.7 Å². The maximum Gasteiger partial charge on any atom is 0.337 e. The van der Waals surface area contributed by atoms with E-state index in [1.807, 2.05) is 0 Å². The van der Waals surface area contributed by atoms with E-state index < -0.39 is 22.0 Å². The van der Waals surface area contributed by atoms with Crippen molar-refractivity contribution in [1.82, 2.24) is 9.62 Å². The molecule has 1 aromatic rings. The Morgan fingerprint density at radius 1 is 1.14 bits per heavy atom. The Bertz CT molecular complexity index is 787. The first-order valence-electron chi connectivity index (χ1n) is 9.23. The van der Waals surface area contributed by atoms with Crippen LogP contribution in [-0.4, -0.2) is 65.2 Å². The molecule has 0 aromatic heterocycles. The number of rotatable bonds is 8. The first kappa shape index (κ1) is 22.3. The summed E-state index contributed by atoms with van der Waals surface area (Å²) in [7, 11) is -1.55. The van der Waals surface area contributed by atoms with Crippen molar-refractivity contribution < 1.29 is 27.5 Å². The number of methoxy groups -OCH3 is 2. The lowest BCUT2D eigenvalue weighted by atomic mass is 10.1. The molecular formula is C19H28N2O6S. The van der Waals surface area contributed by atoms with E-state index in [1.54, 1.807) is 0 Å². The number of carbonyl (C=O) groups excluding carboxylic acids is 2. The number of hydrogen-bond donors (Lipinski definition) is 1. The molecule has 156 valence electrons. The number of benzene rings is 1. The molecule has 1 N–H and O–H groups in total. The largest absolute Gasteiger partial charge is 0.465 e. The Kier molecular flexibility index (Phi) is 7.56. The fraction of sp³-hybridized carbons (Fsp3) is 0.579. The average molecular weight is 413 g/mol. The van der Waals surface area contributed by atoms with Gasteiger partial charge in [0.1, 0.15) is 0 Å². The molecule has 0 bridgehead atoms. The quantitative estimate of drug-likeness (QED) is 0.648. The van der Waals surface area contributed by atoms with Gasteiger partial charge in [0.05, 0.1) is 30.2 Å². The minimum absolute atomic E-state index is 0.0342. The van der Waals surface area contributed by atoms with Crippen molar-refractivity contribution in [1.29, 1.82) is 0 Å². The summed E-state index contributed by atoms with van der Waals surface area (Å²) < 4.78 is 37.5. The highest BCUT2D eigenvalue weighted by molar-refractivity contribution is 7.89. The van der Waals surface area contributed by atoms with Crippen LogP contribution >= 0.6 is 0 Å². The molecule has 1 aliphatic rings. The minimum Gasteiger partial charge on any atom is -0.465 e. The monoisotopic (exact) mass is 412 g/mol. The van der Waals surface area contributed by atoms with E-state index in [4.69, 9.17) is 0 Å². The zero-order chi connectivity index (χ0) is 20.9. The SMILES string of the molecule is COC(=O)c1cc(C(=O)OC)cc(S(=O)(=O)NC[C@@H]2CCCN2CC(C)C)c1. The highest BCUT2D eigenvalue weighted by atomic mass is 32.2. The van der Waals surface area contributed by atoms with Crippen molar-refractivity contribution in [3.8, 4) is 0 Å². The fourth-order valence-electron chi connectivity index (χ4n) is 3.35. The Morgan fingerprint density at radius 2 is 1.71 bits per heavy atom. The molecule has 9 heteroatoms. The van der Waals surface area contributed by atoms with Crippen molar-refractivity contribution in [3.05, 3.63) is 29.3 Å². The van der Waals surface area contributed by atoms with Crippen LogP contribution in [0, 0.1) is 5.92 Å². The predicted octanol–water partition coefficient (Wildman–Crippen LogP) is 1.66. The van der Waals surface area contributed by atoms with Crippen molar-refractivity contribution in [2.24, 2.45) is 5.92 Å². The highest BCUT2D eigenvalue weighted by Gasteiger charge is 2.27. The zero-order valence-electron chi connectivity index (χ0n) is 16.7. The summed E-state index contributed by atoms with van der Waals surface area (Å²) >= 11 is 0. The minimum atomic E-state index is -3.92. The molecule has 8 nitrogen and oxygen atoms in total. The third-order valence-electron chi connectivity index (χ3n) is 4.67. The van der Waals surface area contributed by atoms with Crippen LogP contribution in [0.1, 0.15) is 47.4 Å². The van der Waals surface area contributed by atoms with Crippen molar-refractivity contribution >= 4 is 22.0 Å². The summed E-state index contributed by atoms with van der Waals surface area (Å²) in [5.74, 6) is -0.973. The summed E-state index contributed by atoms with van der Waals surface area (Å²) in [5, 5.41) is 0. The van der Waals surface area contributed by atoms with E-state index in [-0.39, 0.29) is 28.6 Å². The number of ether oxygens (including phenoxy) is 2. The number of esters is 2. The van der Waals surface area contributed by atoms with Gasteiger partial charge in [-0.05, 0) is 43.5 Å². The van der Waals surface area contributed by atoms with E-state index in [0.717, 1.165) is 25.9 Å². The number of nitrogens with one attached hydrogen (secondary N) is 1. The van der Waals surface area contributed by atoms with Crippen LogP contribution in [0.25, 0.3) is 0 Å². The molecule has 0 saturated carbocycles. The van der Waals surface area contributed by atoms with Gasteiger partial charge in [0.15, 0.2) is 0 Å². The smallest absolute Gasteiger partial charge is 0.337 e. The maximum absolute atomic E-state index is 12.8. The number of carbonyl (C=O) groups is 2. The molecule has 1 heterocycles. The van der Waals surface area contributed by atoms with Gasteiger partial charge in [-0.1, -0.05) is 13.8 Å². The predicted molar refractivity (Wildman–Crippen MR) is 104 cm³/mol. The molecule has 0 amide bonds. The lowest BCUT2D eigenvalue weighted by Crippen LogP contribution is -2.41. The third-order valence-corrected chi connectivity index (χ3v) is 6.07. The second-order valence-corrected chi connectivity index (χ2v) is 9.03. The summed E-state index contributed by atoms with van der Waals surface area (Å²) in [6, 6.07) is 3.77. The highest BCUT2D eigenvalue weighted by Crippen LogP contribution is 2.20. The van der Waals surface area contributed by atoms with Gasteiger partial charge in [0.2, 0.25) is 10.0 Å². The Labute approximate surface area is 166 Å². The molecule has 0 aliphatic carbocycles. The Balaban J connectivity index is 2.24. The van der Waals surface area contributed by atoms with Crippen LogP contribution < -0.4 is 4.72 Å². The van der Waals surface area contributed by atoms with E-state index >= 15 is 0 Å². The second kappa shape index (κ2) is 9.49. The molecular weight excluding hydrogens is 384 g/mol. The summed E-state index contributed by atoms with van der Waals surface area (Å²) in [6.07, 6.45) is 1.95. The molecule has 1 atom stereocenters. The summed E-state index contributed by atoms with van der Waals surface area (Å²) in [5.41, 5.74) is -0.0684. The van der Waals surface area contributed by atoms with Crippen LogP contribution in [0.5, 0.6) is 0 Å². The van der Waals surface area contributed by atoms with Crippen LogP contribution in [0.2, 0.25) is 0 Å². The normalized spacial score (nSPS) is 17.7. The van der Waals surface area contributed by atoms with Crippen LogP contribution in [0.4, 0.5) is 0 Å². The molecule has 0 radical (unpaired) electrons. The van der Waals surface area contributed by atoms with E-state index in [0.29, 0.717) is 5.92 Å². The molecule has 1 fully saturated rings. The van der Waals surface area contributed by atoms with Gasteiger partial charge >= 0.3 is 11.9 Å². The topological polar surface area (TPSA) is 102 Å². The first-order chi connectivity index (χ1) is 13.2. The van der Waals surface area contributed by atoms with Gasteiger partial charge in [-0.2, -0.15) is 0 Å². The Morgan fingerprint density at radius 3 is 2.21 bits per heavy atom. The second-order valence-electron chi connectivity index (χ2n) is 7.27. The summed E-state index contributed by atoms with van der Waals surface area (Å²) in [4.78, 5) is 25.9. The van der Waals surface area contributed by atoms with Gasteiger partial charge < -0.3 is 9.47 Å². The number of hydrogen-bond acceptors (Lipinski definition) is 7.